The highest BCUT2D eigenvalue weighted by Crippen LogP contribution is 2.45. The van der Waals surface area contributed by atoms with Crippen LogP contribution < -0.4 is 22.6 Å². The van der Waals surface area contributed by atoms with Gasteiger partial charge in [-0.15, -0.1) is 0 Å². The highest BCUT2D eigenvalue weighted by Gasteiger charge is 2.33. The van der Waals surface area contributed by atoms with Crippen LogP contribution in [0.25, 0.3) is 33.3 Å². The summed E-state index contributed by atoms with van der Waals surface area (Å²) in [6.45, 7) is 3.64. The van der Waals surface area contributed by atoms with Gasteiger partial charge in [-0.25, -0.2) is 18.4 Å². The van der Waals surface area contributed by atoms with Crippen LogP contribution in [0.1, 0.15) is 80.5 Å². The minimum absolute atomic E-state index is 0.00178. The molecule has 8 rings (SSSR count). The Hall–Kier alpha value is -6.10. The number of aryl methyl sites for hydroxylation is 2. The molecule has 0 atom stereocenters. The van der Waals surface area contributed by atoms with Crippen LogP contribution in [0.4, 0.5) is 20.2 Å². The third kappa shape index (κ3) is 5.36. The molecular formula is C40H32F2N4O5. The van der Waals surface area contributed by atoms with E-state index in [0.29, 0.717) is 38.9 Å². The fourth-order valence-corrected chi connectivity index (χ4v) is 7.16. The molecule has 0 amide bonds. The Labute approximate surface area is 289 Å². The van der Waals surface area contributed by atoms with Crippen molar-refractivity contribution in [3.8, 4) is 22.3 Å². The van der Waals surface area contributed by atoms with Crippen molar-refractivity contribution in [1.82, 2.24) is 8.80 Å². The minimum Gasteiger partial charge on any atom is -0.399 e. The van der Waals surface area contributed by atoms with E-state index in [9.17, 15) is 28.0 Å². The molecule has 2 aromatic carbocycles. The zero-order valence-corrected chi connectivity index (χ0v) is 27.8. The van der Waals surface area contributed by atoms with E-state index in [-0.39, 0.29) is 34.3 Å². The number of carbonyl (C=O) groups excluding carboxylic acids is 2. The highest BCUT2D eigenvalue weighted by atomic mass is 19.1. The number of pyridine rings is 4. The van der Waals surface area contributed by atoms with E-state index >= 15 is 0 Å². The lowest BCUT2D eigenvalue weighted by Crippen LogP contribution is -2.29. The van der Waals surface area contributed by atoms with Gasteiger partial charge < -0.3 is 16.2 Å². The maximum Gasteiger partial charge on any atom is 0.351 e. The highest BCUT2D eigenvalue weighted by molar-refractivity contribution is 6.03. The second-order valence-corrected chi connectivity index (χ2v) is 13.5. The molecule has 6 aromatic rings. The first kappa shape index (κ1) is 32.1. The van der Waals surface area contributed by atoms with E-state index in [1.165, 1.54) is 51.5 Å². The number of nitrogens with zero attached hydrogens (tertiary/aromatic N) is 2. The number of ether oxygens (including phenoxy) is 1. The molecule has 11 heteroatoms. The number of rotatable bonds is 6. The molecule has 0 unspecified atom stereocenters. The van der Waals surface area contributed by atoms with Gasteiger partial charge in [0, 0.05) is 23.6 Å². The quantitative estimate of drug-likeness (QED) is 0.109. The minimum atomic E-state index is -1.18. The fourth-order valence-electron chi connectivity index (χ4n) is 7.16. The molecule has 4 heterocycles. The number of esters is 2. The summed E-state index contributed by atoms with van der Waals surface area (Å²) in [5, 5.41) is 0. The molecular weight excluding hydrogens is 654 g/mol. The van der Waals surface area contributed by atoms with E-state index in [2.05, 4.69) is 0 Å². The second kappa shape index (κ2) is 11.8. The van der Waals surface area contributed by atoms with Crippen LogP contribution in [0, 0.1) is 25.5 Å². The molecule has 2 aliphatic rings. The predicted molar refractivity (Wildman–Crippen MR) is 190 cm³/mol. The summed E-state index contributed by atoms with van der Waals surface area (Å²) in [5.41, 5.74) is 16.1. The molecule has 0 spiro atoms. The Morgan fingerprint density at radius 1 is 0.667 bits per heavy atom. The molecule has 0 saturated heterocycles. The summed E-state index contributed by atoms with van der Waals surface area (Å²) in [6, 6.07) is 15.1. The van der Waals surface area contributed by atoms with E-state index in [1.54, 1.807) is 37.3 Å². The van der Waals surface area contributed by atoms with Gasteiger partial charge in [0.05, 0.1) is 16.7 Å². The molecule has 256 valence electrons. The fraction of sp³-hybridized carbons (Fsp3) is 0.200. The normalized spacial score (nSPS) is 14.3. The molecule has 2 fully saturated rings. The molecule has 2 saturated carbocycles. The van der Waals surface area contributed by atoms with Crippen LogP contribution in [0.3, 0.4) is 0 Å². The summed E-state index contributed by atoms with van der Waals surface area (Å²) in [6.07, 6.45) is 6.36. The Kier molecular flexibility index (Phi) is 7.41. The smallest absolute Gasteiger partial charge is 0.351 e. The largest absolute Gasteiger partial charge is 0.399 e. The number of benzene rings is 2. The summed E-state index contributed by atoms with van der Waals surface area (Å²) < 4.78 is 36.8. The van der Waals surface area contributed by atoms with Gasteiger partial charge in [-0.05, 0) is 145 Å². The van der Waals surface area contributed by atoms with Crippen LogP contribution in [0.2, 0.25) is 0 Å². The topological polar surface area (TPSA) is 138 Å². The summed E-state index contributed by atoms with van der Waals surface area (Å²) in [4.78, 5) is 54.7. The molecule has 51 heavy (non-hydrogen) atoms. The molecule has 4 aromatic heterocycles. The van der Waals surface area contributed by atoms with Crippen molar-refractivity contribution in [2.75, 3.05) is 11.5 Å². The van der Waals surface area contributed by atoms with Gasteiger partial charge in [0.1, 0.15) is 22.8 Å². The molecule has 2 aliphatic carbocycles. The van der Waals surface area contributed by atoms with E-state index in [4.69, 9.17) is 16.2 Å². The number of anilines is 2. The van der Waals surface area contributed by atoms with Gasteiger partial charge in [0.15, 0.2) is 0 Å². The van der Waals surface area contributed by atoms with Gasteiger partial charge in [-0.2, -0.15) is 0 Å². The van der Waals surface area contributed by atoms with Crippen LogP contribution in [-0.4, -0.2) is 20.7 Å². The zero-order chi connectivity index (χ0) is 35.9. The number of carbonyl (C=O) groups is 2. The number of halogens is 2. The number of nitrogens with two attached hydrogens (primary N) is 2. The van der Waals surface area contributed by atoms with Gasteiger partial charge in [0.2, 0.25) is 0 Å². The van der Waals surface area contributed by atoms with Crippen LogP contribution >= 0.6 is 0 Å². The third-order valence-electron chi connectivity index (χ3n) is 10.1. The first-order valence-corrected chi connectivity index (χ1v) is 16.7. The maximum atomic E-state index is 14.9. The number of hydrogen-bond donors (Lipinski definition) is 2. The summed E-state index contributed by atoms with van der Waals surface area (Å²) >= 11 is 0. The Balaban J connectivity index is 1.18. The van der Waals surface area contributed by atoms with Crippen LogP contribution in [-0.2, 0) is 4.74 Å². The van der Waals surface area contributed by atoms with Crippen molar-refractivity contribution in [2.24, 2.45) is 0 Å². The van der Waals surface area contributed by atoms with Crippen molar-refractivity contribution >= 4 is 34.3 Å². The lowest BCUT2D eigenvalue weighted by Gasteiger charge is -2.17. The first-order chi connectivity index (χ1) is 24.4. The van der Waals surface area contributed by atoms with E-state index < -0.39 is 34.7 Å². The van der Waals surface area contributed by atoms with Crippen molar-refractivity contribution < 1.29 is 23.1 Å². The molecule has 9 nitrogen and oxygen atoms in total. The van der Waals surface area contributed by atoms with Gasteiger partial charge >= 0.3 is 11.9 Å². The average Bonchev–Trinajstić information content (AvgIpc) is 4.02. The predicted octanol–water partition coefficient (Wildman–Crippen LogP) is 7.06. The van der Waals surface area contributed by atoms with Crippen molar-refractivity contribution in [1.29, 1.82) is 0 Å². The Morgan fingerprint density at radius 3 is 1.71 bits per heavy atom. The maximum absolute atomic E-state index is 14.9. The van der Waals surface area contributed by atoms with E-state index in [1.807, 2.05) is 6.92 Å². The van der Waals surface area contributed by atoms with Gasteiger partial charge in [0.25, 0.3) is 11.1 Å². The zero-order valence-electron chi connectivity index (χ0n) is 27.8. The molecule has 0 bridgehead atoms. The number of nitrogen functional groups attached to an aromatic ring is 2. The summed E-state index contributed by atoms with van der Waals surface area (Å²) in [7, 11) is 0. The lowest BCUT2D eigenvalue weighted by molar-refractivity contribution is 0.0395. The average molecular weight is 687 g/mol. The van der Waals surface area contributed by atoms with E-state index in [0.717, 1.165) is 42.4 Å². The van der Waals surface area contributed by atoms with Crippen LogP contribution in [0.15, 0.2) is 82.6 Å². The van der Waals surface area contributed by atoms with Crippen LogP contribution in [0.5, 0.6) is 0 Å². The molecule has 0 aliphatic heterocycles. The first-order valence-electron chi connectivity index (χ1n) is 16.7. The summed E-state index contributed by atoms with van der Waals surface area (Å²) in [5.74, 6) is -3.24. The molecule has 0 radical (unpaired) electrons. The lowest BCUT2D eigenvalue weighted by atomic mass is 9.96. The van der Waals surface area contributed by atoms with Gasteiger partial charge in [-0.1, -0.05) is 6.07 Å². The van der Waals surface area contributed by atoms with Crippen molar-refractivity contribution in [2.45, 2.75) is 51.4 Å². The Morgan fingerprint density at radius 2 is 1.20 bits per heavy atom. The molecule has 4 N–H and O–H groups in total. The monoisotopic (exact) mass is 686 g/mol. The number of hydrogen-bond acceptors (Lipinski definition) is 7. The third-order valence-corrected chi connectivity index (χ3v) is 10.1. The van der Waals surface area contributed by atoms with Gasteiger partial charge in [-0.3, -0.25) is 18.4 Å². The van der Waals surface area contributed by atoms with Crippen molar-refractivity contribution in [3.63, 3.8) is 0 Å². The Bertz CT molecular complexity index is 2640. The second-order valence-electron chi connectivity index (χ2n) is 13.5. The SMILES string of the molecule is Cc1c(-c2ccc(F)c(N)c2)ccn2c(=O)c(C(=O)OC(=O)c3cc(C4CC4)c4c(C)c(-c5ccc(N)cc5F)ccn4c3=O)cc(C3CC3)c12. The number of fused-ring (bicyclic) bond motifs is 2. The van der Waals surface area contributed by atoms with Crippen molar-refractivity contribution in [3.05, 3.63) is 139 Å². The standard InChI is InChI=1S/C40H32F2N4O5/c1-19-25(23-7-10-32(41)34(44)15-23)11-13-45-35(19)28(21-3-4-21)17-30(37(45)47)39(49)51-40(50)31-18-29(22-5-6-22)36-20(2)26(12-14-46(36)38(31)48)27-9-8-24(43)16-33(27)42/h7-18,21-22H,3-6,43-44H2,1-2H3. The number of aromatic nitrogens is 2.